The third-order valence-electron chi connectivity index (χ3n) is 2.80. The van der Waals surface area contributed by atoms with Crippen LogP contribution in [0.2, 0.25) is 0 Å². The molecule has 2 aromatic rings. The van der Waals surface area contributed by atoms with Crippen LogP contribution in [0.15, 0.2) is 22.9 Å². The van der Waals surface area contributed by atoms with Crippen LogP contribution < -0.4 is 16.6 Å². The van der Waals surface area contributed by atoms with Crippen LogP contribution in [0.3, 0.4) is 0 Å². The highest BCUT2D eigenvalue weighted by Crippen LogP contribution is 2.13. The first-order chi connectivity index (χ1) is 9.13. The van der Waals surface area contributed by atoms with Crippen molar-refractivity contribution in [3.8, 4) is 0 Å². The van der Waals surface area contributed by atoms with Crippen LogP contribution in [0.4, 0.5) is 5.82 Å². The number of carbonyl (C=O) groups is 1. The highest BCUT2D eigenvalue weighted by Gasteiger charge is 2.14. The molecule has 7 nitrogen and oxygen atoms in total. The third-order valence-corrected chi connectivity index (χ3v) is 2.80. The molecule has 4 N–H and O–H groups in total. The molecule has 0 saturated carbocycles. The minimum atomic E-state index is -0.263. The van der Waals surface area contributed by atoms with Gasteiger partial charge < -0.3 is 15.3 Å². The molecule has 0 aliphatic rings. The van der Waals surface area contributed by atoms with Gasteiger partial charge in [-0.15, -0.1) is 0 Å². The molecular weight excluding hydrogens is 246 g/mol. The van der Waals surface area contributed by atoms with Crippen molar-refractivity contribution in [3.63, 3.8) is 0 Å². The van der Waals surface area contributed by atoms with Gasteiger partial charge in [-0.05, 0) is 26.0 Å². The van der Waals surface area contributed by atoms with Crippen molar-refractivity contribution in [3.05, 3.63) is 40.9 Å². The van der Waals surface area contributed by atoms with Gasteiger partial charge in [-0.3, -0.25) is 4.79 Å². The Balaban J connectivity index is 2.10. The first-order valence-corrected chi connectivity index (χ1v) is 5.75. The number of rotatable bonds is 4. The van der Waals surface area contributed by atoms with E-state index in [-0.39, 0.29) is 5.91 Å². The van der Waals surface area contributed by atoms with Crippen LogP contribution in [0.5, 0.6) is 0 Å². The van der Waals surface area contributed by atoms with Gasteiger partial charge in [-0.25, -0.2) is 10.8 Å². The summed E-state index contributed by atoms with van der Waals surface area (Å²) in [5, 5.41) is 6.61. The van der Waals surface area contributed by atoms with Gasteiger partial charge in [-0.2, -0.15) is 0 Å². The average Bonchev–Trinajstić information content (AvgIpc) is 2.75. The zero-order valence-electron chi connectivity index (χ0n) is 10.7. The van der Waals surface area contributed by atoms with E-state index in [0.29, 0.717) is 23.7 Å². The lowest BCUT2D eigenvalue weighted by atomic mass is 10.2. The summed E-state index contributed by atoms with van der Waals surface area (Å²) in [7, 11) is 0. The SMILES string of the molecule is Cc1noc(C)c1CNC(=O)c1cccnc1NN. The molecule has 2 aromatic heterocycles. The topological polar surface area (TPSA) is 106 Å². The first-order valence-electron chi connectivity index (χ1n) is 5.75. The molecule has 0 atom stereocenters. The number of carbonyl (C=O) groups excluding carboxylic acids is 1. The Morgan fingerprint density at radius 1 is 1.47 bits per heavy atom. The standard InChI is InChI=1S/C12H15N5O2/c1-7-10(8(2)19-17-7)6-15-12(18)9-4-3-5-14-11(9)16-13/h3-5H,6,13H2,1-2H3,(H,14,16)(H,15,18). The number of aromatic nitrogens is 2. The van der Waals surface area contributed by atoms with E-state index < -0.39 is 0 Å². The smallest absolute Gasteiger partial charge is 0.255 e. The number of pyridine rings is 1. The predicted octanol–water partition coefficient (Wildman–Crippen LogP) is 0.902. The Labute approximate surface area is 110 Å². The molecule has 0 saturated heterocycles. The zero-order chi connectivity index (χ0) is 13.8. The van der Waals surface area contributed by atoms with Crippen molar-refractivity contribution < 1.29 is 9.32 Å². The molecule has 0 bridgehead atoms. The number of hydrazine groups is 1. The minimum Gasteiger partial charge on any atom is -0.361 e. The fourth-order valence-electron chi connectivity index (χ4n) is 1.72. The summed E-state index contributed by atoms with van der Waals surface area (Å²) < 4.78 is 5.03. The van der Waals surface area contributed by atoms with Crippen molar-refractivity contribution in [2.75, 3.05) is 5.43 Å². The van der Waals surface area contributed by atoms with Crippen LogP contribution in [-0.2, 0) is 6.54 Å². The van der Waals surface area contributed by atoms with E-state index in [2.05, 4.69) is 20.9 Å². The summed E-state index contributed by atoms with van der Waals surface area (Å²) in [6, 6.07) is 3.32. The number of amides is 1. The quantitative estimate of drug-likeness (QED) is 0.557. The van der Waals surface area contributed by atoms with Crippen molar-refractivity contribution in [2.45, 2.75) is 20.4 Å². The number of nitrogens with zero attached hydrogens (tertiary/aromatic N) is 2. The highest BCUT2D eigenvalue weighted by molar-refractivity contribution is 5.98. The van der Waals surface area contributed by atoms with Gasteiger partial charge >= 0.3 is 0 Å². The summed E-state index contributed by atoms with van der Waals surface area (Å²) >= 11 is 0. The largest absolute Gasteiger partial charge is 0.361 e. The highest BCUT2D eigenvalue weighted by atomic mass is 16.5. The molecule has 1 amide bonds. The van der Waals surface area contributed by atoms with E-state index in [9.17, 15) is 4.79 Å². The monoisotopic (exact) mass is 261 g/mol. The second-order valence-corrected chi connectivity index (χ2v) is 4.03. The summed E-state index contributed by atoms with van der Waals surface area (Å²) in [5.41, 5.74) is 4.41. The molecule has 0 unspecified atom stereocenters. The zero-order valence-corrected chi connectivity index (χ0v) is 10.7. The summed E-state index contributed by atoms with van der Waals surface area (Å²) in [6.07, 6.45) is 1.56. The van der Waals surface area contributed by atoms with Crippen molar-refractivity contribution in [2.24, 2.45) is 5.84 Å². The number of hydrogen-bond acceptors (Lipinski definition) is 6. The molecule has 0 aliphatic heterocycles. The number of nitrogens with two attached hydrogens (primary N) is 1. The fraction of sp³-hybridized carbons (Fsp3) is 0.250. The van der Waals surface area contributed by atoms with Gasteiger partial charge in [0.2, 0.25) is 0 Å². The molecule has 7 heteroatoms. The van der Waals surface area contributed by atoms with Gasteiger partial charge in [0.25, 0.3) is 5.91 Å². The number of anilines is 1. The lowest BCUT2D eigenvalue weighted by Gasteiger charge is -2.08. The molecule has 0 aromatic carbocycles. The van der Waals surface area contributed by atoms with Gasteiger partial charge in [0.05, 0.1) is 11.3 Å². The number of aryl methyl sites for hydroxylation is 2. The molecule has 2 heterocycles. The molecule has 19 heavy (non-hydrogen) atoms. The number of hydrogen-bond donors (Lipinski definition) is 3. The van der Waals surface area contributed by atoms with Gasteiger partial charge in [-0.1, -0.05) is 5.16 Å². The van der Waals surface area contributed by atoms with Gasteiger partial charge in [0, 0.05) is 18.3 Å². The number of nitrogens with one attached hydrogen (secondary N) is 2. The molecule has 2 rings (SSSR count). The van der Waals surface area contributed by atoms with Crippen LogP contribution in [-0.4, -0.2) is 16.0 Å². The lowest BCUT2D eigenvalue weighted by molar-refractivity contribution is 0.0951. The molecule has 0 spiro atoms. The van der Waals surface area contributed by atoms with E-state index >= 15 is 0 Å². The molecular formula is C12H15N5O2. The minimum absolute atomic E-state index is 0.263. The Morgan fingerprint density at radius 2 is 2.26 bits per heavy atom. The van der Waals surface area contributed by atoms with Crippen LogP contribution >= 0.6 is 0 Å². The summed E-state index contributed by atoms with van der Waals surface area (Å²) in [6.45, 7) is 3.98. The van der Waals surface area contributed by atoms with Crippen LogP contribution in [0.1, 0.15) is 27.4 Å². The lowest BCUT2D eigenvalue weighted by Crippen LogP contribution is -2.25. The summed E-state index contributed by atoms with van der Waals surface area (Å²) in [5.74, 6) is 6.07. The van der Waals surface area contributed by atoms with Crippen molar-refractivity contribution in [1.29, 1.82) is 0 Å². The normalized spacial score (nSPS) is 10.3. The average molecular weight is 261 g/mol. The Hall–Kier alpha value is -2.41. The third kappa shape index (κ3) is 2.71. The molecule has 0 fully saturated rings. The van der Waals surface area contributed by atoms with E-state index in [1.54, 1.807) is 25.3 Å². The van der Waals surface area contributed by atoms with Gasteiger partial charge in [0.15, 0.2) is 5.82 Å². The van der Waals surface area contributed by atoms with E-state index in [1.165, 1.54) is 0 Å². The second-order valence-electron chi connectivity index (χ2n) is 4.03. The molecule has 0 radical (unpaired) electrons. The second kappa shape index (κ2) is 5.49. The molecule has 100 valence electrons. The maximum atomic E-state index is 12.0. The Kier molecular flexibility index (Phi) is 3.76. The molecule has 0 aliphatic carbocycles. The predicted molar refractivity (Wildman–Crippen MR) is 69.2 cm³/mol. The van der Waals surface area contributed by atoms with Crippen molar-refractivity contribution in [1.82, 2.24) is 15.5 Å². The Morgan fingerprint density at radius 3 is 2.89 bits per heavy atom. The van der Waals surface area contributed by atoms with E-state index in [0.717, 1.165) is 11.3 Å². The maximum absolute atomic E-state index is 12.0. The van der Waals surface area contributed by atoms with Crippen LogP contribution in [0, 0.1) is 13.8 Å². The van der Waals surface area contributed by atoms with Gasteiger partial charge in [0.1, 0.15) is 5.76 Å². The van der Waals surface area contributed by atoms with E-state index in [4.69, 9.17) is 10.4 Å². The van der Waals surface area contributed by atoms with E-state index in [1.807, 2.05) is 6.92 Å². The van der Waals surface area contributed by atoms with Crippen molar-refractivity contribution >= 4 is 11.7 Å². The van der Waals surface area contributed by atoms with Crippen LogP contribution in [0.25, 0.3) is 0 Å². The maximum Gasteiger partial charge on any atom is 0.255 e. The fourth-order valence-corrected chi connectivity index (χ4v) is 1.72. The Bertz CT molecular complexity index is 574. The first kappa shape index (κ1) is 13.0. The number of nitrogen functional groups attached to an aromatic ring is 1. The summed E-state index contributed by atoms with van der Waals surface area (Å²) in [4.78, 5) is 16.0.